The SMILES string of the molecule is C=C(C)C(=O)OC=CCC1(OCC)CCCC[Si]1(OCC)OCC. The third-order valence-corrected chi connectivity index (χ3v) is 8.78. The topological polar surface area (TPSA) is 54.0 Å². The zero-order valence-corrected chi connectivity index (χ0v) is 16.6. The molecule has 1 unspecified atom stereocenters. The van der Waals surface area contributed by atoms with Gasteiger partial charge in [0.2, 0.25) is 0 Å². The molecule has 1 aliphatic rings. The lowest BCUT2D eigenvalue weighted by molar-refractivity contribution is -0.133. The highest BCUT2D eigenvalue weighted by Crippen LogP contribution is 2.43. The molecule has 1 heterocycles. The molecule has 1 fully saturated rings. The zero-order valence-electron chi connectivity index (χ0n) is 15.6. The highest BCUT2D eigenvalue weighted by Gasteiger charge is 2.59. The van der Waals surface area contributed by atoms with Crippen LogP contribution >= 0.6 is 0 Å². The van der Waals surface area contributed by atoms with E-state index < -0.39 is 19.8 Å². The molecule has 0 spiro atoms. The summed E-state index contributed by atoms with van der Waals surface area (Å²) < 4.78 is 23.8. The van der Waals surface area contributed by atoms with Crippen LogP contribution in [0.1, 0.15) is 53.4 Å². The van der Waals surface area contributed by atoms with Crippen LogP contribution in [-0.2, 0) is 23.1 Å². The number of hydrogen-bond donors (Lipinski definition) is 0. The van der Waals surface area contributed by atoms with Crippen LogP contribution in [0.25, 0.3) is 0 Å². The highest BCUT2D eigenvalue weighted by molar-refractivity contribution is 6.70. The number of ether oxygens (including phenoxy) is 2. The summed E-state index contributed by atoms with van der Waals surface area (Å²) in [4.78, 5) is 11.5. The molecule has 6 heteroatoms. The number of hydrogen-bond acceptors (Lipinski definition) is 5. The highest BCUT2D eigenvalue weighted by atomic mass is 28.4. The van der Waals surface area contributed by atoms with Gasteiger partial charge >= 0.3 is 14.5 Å². The van der Waals surface area contributed by atoms with Crippen LogP contribution in [-0.4, -0.2) is 39.6 Å². The van der Waals surface area contributed by atoms with Gasteiger partial charge in [0.05, 0.1) is 6.26 Å². The number of rotatable bonds is 10. The minimum atomic E-state index is -2.51. The van der Waals surface area contributed by atoms with Gasteiger partial charge in [0.25, 0.3) is 0 Å². The first-order valence-electron chi connectivity index (χ1n) is 8.90. The van der Waals surface area contributed by atoms with Gasteiger partial charge < -0.3 is 18.3 Å². The molecule has 0 radical (unpaired) electrons. The fraction of sp³-hybridized carbons (Fsp3) is 0.722. The second-order valence-electron chi connectivity index (χ2n) is 6.01. The molecular formula is C18H32O5Si. The summed E-state index contributed by atoms with van der Waals surface area (Å²) in [7, 11) is -2.51. The van der Waals surface area contributed by atoms with Crippen molar-refractivity contribution in [3.63, 3.8) is 0 Å². The minimum absolute atomic E-state index is 0.379. The molecule has 138 valence electrons. The van der Waals surface area contributed by atoms with Crippen LogP contribution in [0.5, 0.6) is 0 Å². The Balaban J connectivity index is 2.97. The Morgan fingerprint density at radius 3 is 2.38 bits per heavy atom. The summed E-state index contributed by atoms with van der Waals surface area (Å²) in [6.07, 6.45) is 7.01. The summed E-state index contributed by atoms with van der Waals surface area (Å²) in [5.41, 5.74) is 0.379. The largest absolute Gasteiger partial charge is 0.431 e. The smallest absolute Gasteiger partial charge is 0.371 e. The molecule has 0 saturated carbocycles. The molecule has 0 aromatic carbocycles. The molecule has 0 aromatic rings. The van der Waals surface area contributed by atoms with Gasteiger partial charge in [-0.3, -0.25) is 0 Å². The first-order chi connectivity index (χ1) is 11.5. The molecule has 1 saturated heterocycles. The average Bonchev–Trinajstić information content (AvgIpc) is 2.54. The van der Waals surface area contributed by atoms with E-state index in [4.69, 9.17) is 18.3 Å². The van der Waals surface area contributed by atoms with E-state index >= 15 is 0 Å². The molecule has 1 rings (SSSR count). The maximum atomic E-state index is 11.5. The van der Waals surface area contributed by atoms with E-state index in [-0.39, 0.29) is 0 Å². The van der Waals surface area contributed by atoms with E-state index in [9.17, 15) is 4.79 Å². The second-order valence-corrected chi connectivity index (χ2v) is 9.51. The van der Waals surface area contributed by atoms with Crippen LogP contribution in [0.4, 0.5) is 0 Å². The van der Waals surface area contributed by atoms with Gasteiger partial charge in [0.15, 0.2) is 0 Å². The van der Waals surface area contributed by atoms with Crippen molar-refractivity contribution in [1.29, 1.82) is 0 Å². The summed E-state index contributed by atoms with van der Waals surface area (Å²) in [6.45, 7) is 13.0. The molecule has 0 aromatic heterocycles. The van der Waals surface area contributed by atoms with Crippen molar-refractivity contribution in [2.75, 3.05) is 19.8 Å². The summed E-state index contributed by atoms with van der Waals surface area (Å²) >= 11 is 0. The Hall–Kier alpha value is -0.953. The summed E-state index contributed by atoms with van der Waals surface area (Å²) in [6, 6.07) is 0.939. The lowest BCUT2D eigenvalue weighted by Crippen LogP contribution is -2.65. The van der Waals surface area contributed by atoms with Gasteiger partial charge in [-0.05, 0) is 52.7 Å². The van der Waals surface area contributed by atoms with Crippen molar-refractivity contribution in [1.82, 2.24) is 0 Å². The van der Waals surface area contributed by atoms with Crippen LogP contribution in [0.3, 0.4) is 0 Å². The Bertz CT molecular complexity index is 433. The van der Waals surface area contributed by atoms with Crippen LogP contribution in [0.15, 0.2) is 24.5 Å². The lowest BCUT2D eigenvalue weighted by atomic mass is 10.1. The second kappa shape index (κ2) is 10.1. The van der Waals surface area contributed by atoms with Crippen molar-refractivity contribution in [2.24, 2.45) is 0 Å². The van der Waals surface area contributed by atoms with E-state index in [1.807, 2.05) is 26.8 Å². The van der Waals surface area contributed by atoms with E-state index in [1.165, 1.54) is 6.26 Å². The van der Waals surface area contributed by atoms with Crippen molar-refractivity contribution in [2.45, 2.75) is 64.6 Å². The molecule has 5 nitrogen and oxygen atoms in total. The molecule has 1 aliphatic heterocycles. The van der Waals surface area contributed by atoms with E-state index in [0.717, 1.165) is 25.3 Å². The number of esters is 1. The van der Waals surface area contributed by atoms with E-state index in [0.29, 0.717) is 31.8 Å². The first-order valence-corrected chi connectivity index (χ1v) is 10.9. The third-order valence-electron chi connectivity index (χ3n) is 4.27. The Kier molecular flexibility index (Phi) is 8.90. The van der Waals surface area contributed by atoms with Gasteiger partial charge in [-0.15, -0.1) is 0 Å². The Morgan fingerprint density at radius 2 is 1.83 bits per heavy atom. The predicted octanol–water partition coefficient (Wildman–Crippen LogP) is 4.02. The normalized spacial score (nSPS) is 23.3. The molecule has 0 aliphatic carbocycles. The third kappa shape index (κ3) is 5.02. The van der Waals surface area contributed by atoms with Gasteiger partial charge in [-0.25, -0.2) is 4.79 Å². The van der Waals surface area contributed by atoms with Gasteiger partial charge in [-0.1, -0.05) is 19.4 Å². The number of carbonyl (C=O) groups excluding carboxylic acids is 1. The van der Waals surface area contributed by atoms with Crippen molar-refractivity contribution in [3.8, 4) is 0 Å². The van der Waals surface area contributed by atoms with Gasteiger partial charge in [0, 0.05) is 25.4 Å². The molecular weight excluding hydrogens is 324 g/mol. The first kappa shape index (κ1) is 21.1. The monoisotopic (exact) mass is 356 g/mol. The van der Waals surface area contributed by atoms with E-state index in [2.05, 4.69) is 6.58 Å². The van der Waals surface area contributed by atoms with Crippen LogP contribution in [0.2, 0.25) is 6.04 Å². The average molecular weight is 357 g/mol. The predicted molar refractivity (Wildman–Crippen MR) is 96.7 cm³/mol. The Labute approximate surface area is 147 Å². The maximum Gasteiger partial charge on any atom is 0.371 e. The molecule has 24 heavy (non-hydrogen) atoms. The number of carbonyl (C=O) groups is 1. The molecule has 0 amide bonds. The standard InChI is InChI=1S/C18H32O5Si/c1-6-21-18(13-11-14-20-17(19)16(4)5)12-9-10-15-24(18,22-7-2)23-8-3/h11,14H,4,6-10,12-13,15H2,1-3,5H3. The zero-order chi connectivity index (χ0) is 18.1. The fourth-order valence-electron chi connectivity index (χ4n) is 3.33. The lowest BCUT2D eigenvalue weighted by Gasteiger charge is -2.49. The Morgan fingerprint density at radius 1 is 1.17 bits per heavy atom. The van der Waals surface area contributed by atoms with Gasteiger partial charge in [0.1, 0.15) is 5.22 Å². The van der Waals surface area contributed by atoms with E-state index in [1.54, 1.807) is 6.92 Å². The van der Waals surface area contributed by atoms with Crippen molar-refractivity contribution in [3.05, 3.63) is 24.5 Å². The summed E-state index contributed by atoms with van der Waals surface area (Å²) in [5, 5.41) is -0.432. The van der Waals surface area contributed by atoms with Crippen molar-refractivity contribution < 1.29 is 23.1 Å². The molecule has 1 atom stereocenters. The summed E-state index contributed by atoms with van der Waals surface area (Å²) in [5.74, 6) is -0.418. The van der Waals surface area contributed by atoms with Crippen LogP contribution < -0.4 is 0 Å². The molecule has 0 bridgehead atoms. The minimum Gasteiger partial charge on any atom is -0.431 e. The quantitative estimate of drug-likeness (QED) is 0.256. The van der Waals surface area contributed by atoms with Crippen molar-refractivity contribution >= 4 is 14.5 Å². The molecule has 0 N–H and O–H groups in total. The fourth-order valence-corrected chi connectivity index (χ4v) is 7.68. The van der Waals surface area contributed by atoms with Crippen LogP contribution in [0, 0.1) is 0 Å². The van der Waals surface area contributed by atoms with Gasteiger partial charge in [-0.2, -0.15) is 0 Å². The maximum absolute atomic E-state index is 11.5.